The summed E-state index contributed by atoms with van der Waals surface area (Å²) in [4.78, 5) is 36.3. The molecule has 0 radical (unpaired) electrons. The number of allylic oxidation sites excluding steroid dienone is 6. The molecule has 8 rings (SSSR count). The van der Waals surface area contributed by atoms with Crippen molar-refractivity contribution in [2.45, 2.75) is 155 Å². The first kappa shape index (κ1) is 41.9. The van der Waals surface area contributed by atoms with Crippen LogP contribution in [0, 0.1) is 23.0 Å². The summed E-state index contributed by atoms with van der Waals surface area (Å²) in [5.74, 6) is -1.32. The van der Waals surface area contributed by atoms with E-state index >= 15 is 8.78 Å². The van der Waals surface area contributed by atoms with E-state index in [1.165, 1.54) is 34.4 Å². The first-order chi connectivity index (χ1) is 27.9. The van der Waals surface area contributed by atoms with E-state index in [1.54, 1.807) is 0 Å². The summed E-state index contributed by atoms with van der Waals surface area (Å²) < 4.78 is 41.3. The number of nitriles is 1. The van der Waals surface area contributed by atoms with Crippen molar-refractivity contribution in [3.05, 3.63) is 91.6 Å². The topological polar surface area (TPSA) is 144 Å². The van der Waals surface area contributed by atoms with E-state index in [0.717, 1.165) is 117 Å². The van der Waals surface area contributed by atoms with Crippen LogP contribution in [0.2, 0.25) is 0 Å². The molecule has 9 nitrogen and oxygen atoms in total. The number of carbonyl (C=O) groups excluding carboxylic acids is 3. The summed E-state index contributed by atoms with van der Waals surface area (Å²) >= 11 is 0. The van der Waals surface area contributed by atoms with Crippen molar-refractivity contribution in [1.29, 1.82) is 5.26 Å². The maximum atomic E-state index is 15.3. The molecule has 0 unspecified atom stereocenters. The summed E-state index contributed by atoms with van der Waals surface area (Å²) in [6, 6.07) is 4.47. The molecule has 312 valence electrons. The lowest BCUT2D eigenvalue weighted by atomic mass is 9.84. The van der Waals surface area contributed by atoms with Crippen molar-refractivity contribution < 1.29 is 32.6 Å². The van der Waals surface area contributed by atoms with Crippen LogP contribution in [-0.2, 0) is 22.3 Å². The molecule has 6 aliphatic rings. The third-order valence-corrected chi connectivity index (χ3v) is 12.0. The quantitative estimate of drug-likeness (QED) is 0.274. The summed E-state index contributed by atoms with van der Waals surface area (Å²) in [6.07, 6.45) is 15.3. The molecule has 0 heterocycles. The number of fused-ring (bicyclic) bond motifs is 4. The highest BCUT2D eigenvalue weighted by atomic mass is 19.1. The van der Waals surface area contributed by atoms with E-state index in [2.05, 4.69) is 16.7 Å². The number of nitrogens with two attached hydrogens (primary N) is 1. The van der Waals surface area contributed by atoms with Gasteiger partial charge in [0.05, 0.1) is 23.7 Å². The number of hydrogen-bond acceptors (Lipinski definition) is 6. The number of alkyl carbamates (subject to hydrolysis) is 2. The molecule has 4 N–H and O–H groups in total. The highest BCUT2D eigenvalue weighted by molar-refractivity contribution is 6.00. The third-order valence-electron chi connectivity index (χ3n) is 12.0. The molecule has 0 spiro atoms. The van der Waals surface area contributed by atoms with E-state index in [-0.39, 0.29) is 17.9 Å². The predicted molar refractivity (Wildman–Crippen MR) is 225 cm³/mol. The number of amides is 3. The normalized spacial score (nSPS) is 20.6. The largest absolute Gasteiger partial charge is 0.444 e. The number of nitrogens with one attached hydrogen (secondary N) is 2. The van der Waals surface area contributed by atoms with Gasteiger partial charge in [-0.2, -0.15) is 5.26 Å². The van der Waals surface area contributed by atoms with Crippen LogP contribution >= 0.6 is 0 Å². The molecule has 0 saturated carbocycles. The zero-order valence-corrected chi connectivity index (χ0v) is 35.2. The van der Waals surface area contributed by atoms with Crippen LogP contribution in [0.4, 0.5) is 18.4 Å². The van der Waals surface area contributed by atoms with Crippen molar-refractivity contribution in [2.24, 2.45) is 5.73 Å². The maximum Gasteiger partial charge on any atom is 0.408 e. The Balaban J connectivity index is 0.000000179. The average molecular weight is 807 g/mol. The smallest absolute Gasteiger partial charge is 0.408 e. The lowest BCUT2D eigenvalue weighted by Crippen LogP contribution is -2.39. The van der Waals surface area contributed by atoms with Crippen LogP contribution in [0.1, 0.15) is 168 Å². The van der Waals surface area contributed by atoms with Crippen LogP contribution < -0.4 is 16.4 Å². The molecule has 0 saturated heterocycles. The molecule has 0 fully saturated rings. The fourth-order valence-corrected chi connectivity index (χ4v) is 9.80. The maximum absolute atomic E-state index is 15.3. The molecule has 11 heteroatoms. The number of ether oxygens (including phenoxy) is 2. The number of nitrogens with zero attached hydrogens (tertiary/aromatic N) is 1. The Morgan fingerprint density at radius 1 is 0.678 bits per heavy atom. The van der Waals surface area contributed by atoms with Gasteiger partial charge in [-0.1, -0.05) is 23.3 Å². The van der Waals surface area contributed by atoms with Crippen LogP contribution in [0.25, 0.3) is 22.3 Å². The van der Waals surface area contributed by atoms with Gasteiger partial charge in [0.1, 0.15) is 22.8 Å². The monoisotopic (exact) mass is 806 g/mol. The molecule has 2 aromatic carbocycles. The summed E-state index contributed by atoms with van der Waals surface area (Å²) in [5.41, 5.74) is 17.0. The van der Waals surface area contributed by atoms with Crippen molar-refractivity contribution >= 4 is 40.4 Å². The zero-order chi connectivity index (χ0) is 42.4. The van der Waals surface area contributed by atoms with Gasteiger partial charge in [0.25, 0.3) is 0 Å². The zero-order valence-electron chi connectivity index (χ0n) is 35.2. The average Bonchev–Trinajstić information content (AvgIpc) is 3.93. The second-order valence-corrected chi connectivity index (χ2v) is 18.6. The van der Waals surface area contributed by atoms with E-state index in [0.29, 0.717) is 28.7 Å². The number of benzene rings is 2. The van der Waals surface area contributed by atoms with Crippen molar-refractivity contribution in [1.82, 2.24) is 10.6 Å². The fourth-order valence-electron chi connectivity index (χ4n) is 9.80. The molecular formula is C48H56F2N4O5. The van der Waals surface area contributed by atoms with Gasteiger partial charge in [0.2, 0.25) is 5.91 Å². The number of carbonyl (C=O) groups is 3. The Kier molecular flexibility index (Phi) is 11.7. The molecule has 6 aliphatic carbocycles. The second-order valence-electron chi connectivity index (χ2n) is 18.6. The number of halogens is 2. The molecule has 59 heavy (non-hydrogen) atoms. The van der Waals surface area contributed by atoms with Gasteiger partial charge in [-0.05, 0) is 188 Å². The van der Waals surface area contributed by atoms with Crippen LogP contribution in [0.15, 0.2) is 35.4 Å². The highest BCUT2D eigenvalue weighted by Gasteiger charge is 2.36. The molecule has 0 aliphatic heterocycles. The number of primary amides is 1. The van der Waals surface area contributed by atoms with Gasteiger partial charge in [-0.3, -0.25) is 4.79 Å². The van der Waals surface area contributed by atoms with Crippen LogP contribution in [0.5, 0.6) is 0 Å². The number of hydrogen-bond donors (Lipinski definition) is 3. The molecule has 0 bridgehead atoms. The first-order valence-electron chi connectivity index (χ1n) is 21.1. The summed E-state index contributed by atoms with van der Waals surface area (Å²) in [6.45, 7) is 11.0. The minimum absolute atomic E-state index is 0.183. The van der Waals surface area contributed by atoms with Crippen molar-refractivity contribution in [3.63, 3.8) is 0 Å². The van der Waals surface area contributed by atoms with Gasteiger partial charge in [-0.15, -0.1) is 0 Å². The molecule has 2 atom stereocenters. The molecule has 3 amide bonds. The molecule has 2 aromatic rings. The minimum atomic E-state index is -0.583. The highest BCUT2D eigenvalue weighted by Crippen LogP contribution is 2.50. The SMILES string of the molecule is CC(C)(C)OC(=O)N[C@@H]1C=C(c2c(F)cc(C#N)c3c2C2=C(CCC2)C3)CCC1.CC(C)(C)OC(=O)N[C@@H]1C=C(c2c(F)cc(C(N)=O)c3c2C2=C(CCC2)C3)CCC1. The van der Waals surface area contributed by atoms with Gasteiger partial charge in [0.15, 0.2) is 0 Å². The Labute approximate surface area is 346 Å². The van der Waals surface area contributed by atoms with Crippen LogP contribution in [-0.4, -0.2) is 41.4 Å². The van der Waals surface area contributed by atoms with Gasteiger partial charge < -0.3 is 25.8 Å². The van der Waals surface area contributed by atoms with Crippen molar-refractivity contribution in [3.8, 4) is 6.07 Å². The number of rotatable bonds is 5. The second kappa shape index (κ2) is 16.4. The third kappa shape index (κ3) is 9.02. The Morgan fingerprint density at radius 3 is 1.59 bits per heavy atom. The summed E-state index contributed by atoms with van der Waals surface area (Å²) in [7, 11) is 0. The van der Waals surface area contributed by atoms with Gasteiger partial charge in [0, 0.05) is 16.7 Å². The minimum Gasteiger partial charge on any atom is -0.444 e. The predicted octanol–water partition coefficient (Wildman–Crippen LogP) is 10.5. The van der Waals surface area contributed by atoms with Crippen LogP contribution in [0.3, 0.4) is 0 Å². The fraction of sp³-hybridized carbons (Fsp3) is 0.500. The first-order valence-corrected chi connectivity index (χ1v) is 21.1. The Morgan fingerprint density at radius 2 is 1.14 bits per heavy atom. The summed E-state index contributed by atoms with van der Waals surface area (Å²) in [5, 5.41) is 15.3. The Hall–Kier alpha value is -5.24. The van der Waals surface area contributed by atoms with E-state index in [9.17, 15) is 19.6 Å². The standard InChI is InChI=1S/C24H29FN2O3.C24H27FN2O2/c1-24(2,3)30-23(29)27-15-8-4-7-14(10-15)20-19(25)12-18(22(26)28)17-11-13-6-5-9-16(13)21(17)20;1-24(2,3)29-23(28)27-17-8-4-7-15(10-17)21-20(25)12-16(13-26)19-11-14-6-5-9-18(14)22(19)21/h10,12,15H,4-9,11H2,1-3H3,(H2,26,28)(H,27,29);10,12,17H,4-9,11H2,1-3H3,(H,27,28)/t15-;17-/m00/s1. The Bertz CT molecular complexity index is 2280. The van der Waals surface area contributed by atoms with Crippen molar-refractivity contribution in [2.75, 3.05) is 0 Å². The lowest BCUT2D eigenvalue weighted by molar-refractivity contribution is 0.0499. The van der Waals surface area contributed by atoms with Gasteiger partial charge >= 0.3 is 12.2 Å². The lowest BCUT2D eigenvalue weighted by Gasteiger charge is -2.26. The van der Waals surface area contributed by atoms with E-state index < -0.39 is 35.1 Å². The van der Waals surface area contributed by atoms with Gasteiger partial charge in [-0.25, -0.2) is 18.4 Å². The van der Waals surface area contributed by atoms with E-state index in [1.807, 2.05) is 53.7 Å². The van der Waals surface area contributed by atoms with E-state index in [4.69, 9.17) is 15.2 Å². The molecular weight excluding hydrogens is 751 g/mol. The molecule has 0 aromatic heterocycles.